The molecule has 0 aliphatic carbocycles. The number of carboxylic acids is 1. The fourth-order valence-electron chi connectivity index (χ4n) is 1.36. The highest BCUT2D eigenvalue weighted by Gasteiger charge is 2.14. The second-order valence-electron chi connectivity index (χ2n) is 4.13. The summed E-state index contributed by atoms with van der Waals surface area (Å²) >= 11 is 0. The first-order chi connectivity index (χ1) is 7.91. The minimum atomic E-state index is -0.932. The van der Waals surface area contributed by atoms with Gasteiger partial charge in [-0.25, -0.2) is 0 Å². The van der Waals surface area contributed by atoms with Crippen LogP contribution in [0, 0.1) is 0 Å². The summed E-state index contributed by atoms with van der Waals surface area (Å²) in [4.78, 5) is 22.0. The van der Waals surface area contributed by atoms with Crippen molar-refractivity contribution in [2.75, 3.05) is 6.54 Å². The van der Waals surface area contributed by atoms with Gasteiger partial charge in [0.1, 0.15) is 5.69 Å². The Bertz CT molecular complexity index is 424. The first-order valence-corrected chi connectivity index (χ1v) is 5.45. The number of nitrogens with zero attached hydrogens (tertiary/aromatic N) is 2. The Morgan fingerprint density at radius 2 is 2.18 bits per heavy atom. The molecule has 17 heavy (non-hydrogen) atoms. The molecule has 0 aromatic carbocycles. The molecule has 0 aliphatic rings. The van der Waals surface area contributed by atoms with Gasteiger partial charge in [-0.1, -0.05) is 13.8 Å². The predicted octanol–water partition coefficient (Wildman–Crippen LogP) is 0.748. The predicted molar refractivity (Wildman–Crippen MR) is 61.9 cm³/mol. The van der Waals surface area contributed by atoms with Crippen molar-refractivity contribution in [2.24, 2.45) is 7.05 Å². The van der Waals surface area contributed by atoms with Crippen LogP contribution < -0.4 is 5.32 Å². The molecule has 0 spiro atoms. The van der Waals surface area contributed by atoms with Crippen LogP contribution in [0.5, 0.6) is 0 Å². The van der Waals surface area contributed by atoms with Gasteiger partial charge in [0.15, 0.2) is 0 Å². The Hall–Kier alpha value is -1.85. The lowest BCUT2D eigenvalue weighted by Crippen LogP contribution is -2.27. The maximum Gasteiger partial charge on any atom is 0.305 e. The summed E-state index contributed by atoms with van der Waals surface area (Å²) in [5.41, 5.74) is 1.29. The van der Waals surface area contributed by atoms with Crippen LogP contribution in [0.15, 0.2) is 6.07 Å². The molecular weight excluding hydrogens is 222 g/mol. The van der Waals surface area contributed by atoms with Crippen LogP contribution in [0.4, 0.5) is 0 Å². The van der Waals surface area contributed by atoms with Crippen molar-refractivity contribution in [3.63, 3.8) is 0 Å². The van der Waals surface area contributed by atoms with Gasteiger partial charge in [-0.2, -0.15) is 5.10 Å². The number of amides is 1. The molecule has 1 amide bonds. The van der Waals surface area contributed by atoms with E-state index in [9.17, 15) is 9.59 Å². The Labute approximate surface area is 99.6 Å². The molecule has 0 bridgehead atoms. The van der Waals surface area contributed by atoms with Crippen molar-refractivity contribution in [1.29, 1.82) is 0 Å². The van der Waals surface area contributed by atoms with Gasteiger partial charge >= 0.3 is 5.97 Å². The highest BCUT2D eigenvalue weighted by atomic mass is 16.4. The molecule has 0 fully saturated rings. The van der Waals surface area contributed by atoms with Crippen LogP contribution in [0.25, 0.3) is 0 Å². The van der Waals surface area contributed by atoms with Gasteiger partial charge in [0, 0.05) is 13.6 Å². The Kier molecular flexibility index (Phi) is 4.25. The number of carbonyl (C=O) groups is 2. The summed E-state index contributed by atoms with van der Waals surface area (Å²) in [5.74, 6) is -0.979. The normalized spacial score (nSPS) is 10.6. The van der Waals surface area contributed by atoms with Crippen LogP contribution in [0.2, 0.25) is 0 Å². The van der Waals surface area contributed by atoms with E-state index < -0.39 is 5.97 Å². The van der Waals surface area contributed by atoms with Crippen molar-refractivity contribution in [1.82, 2.24) is 15.1 Å². The molecule has 6 heteroatoms. The highest BCUT2D eigenvalue weighted by molar-refractivity contribution is 5.92. The minimum absolute atomic E-state index is 0.0827. The molecule has 0 aliphatic heterocycles. The third kappa shape index (κ3) is 3.58. The first kappa shape index (κ1) is 13.2. The Morgan fingerprint density at radius 1 is 1.53 bits per heavy atom. The lowest BCUT2D eigenvalue weighted by atomic mass is 10.1. The Balaban J connectivity index is 2.65. The number of carbonyl (C=O) groups excluding carboxylic acids is 1. The summed E-state index contributed by atoms with van der Waals surface area (Å²) in [6.07, 6.45) is -0.0827. The van der Waals surface area contributed by atoms with Crippen LogP contribution >= 0.6 is 0 Å². The molecule has 1 aromatic rings. The zero-order valence-electron chi connectivity index (χ0n) is 10.2. The van der Waals surface area contributed by atoms with Gasteiger partial charge in [0.25, 0.3) is 5.91 Å². The van der Waals surface area contributed by atoms with Crippen molar-refractivity contribution in [3.8, 4) is 0 Å². The maximum atomic E-state index is 11.7. The van der Waals surface area contributed by atoms with Gasteiger partial charge in [-0.05, 0) is 12.0 Å². The average molecular weight is 239 g/mol. The third-order valence-corrected chi connectivity index (χ3v) is 2.35. The average Bonchev–Trinajstić information content (AvgIpc) is 2.59. The lowest BCUT2D eigenvalue weighted by Gasteiger charge is -2.02. The molecule has 6 nitrogen and oxygen atoms in total. The minimum Gasteiger partial charge on any atom is -0.481 e. The van der Waals surface area contributed by atoms with Gasteiger partial charge in [0.05, 0.1) is 12.1 Å². The number of hydrogen-bond acceptors (Lipinski definition) is 3. The number of aliphatic carboxylic acids is 1. The highest BCUT2D eigenvalue weighted by Crippen LogP contribution is 2.13. The Morgan fingerprint density at radius 3 is 2.65 bits per heavy atom. The SMILES string of the molecule is CC(C)c1cc(C(=O)NCCC(=O)O)n(C)n1. The monoisotopic (exact) mass is 239 g/mol. The van der Waals surface area contributed by atoms with Crippen molar-refractivity contribution >= 4 is 11.9 Å². The molecule has 0 radical (unpaired) electrons. The summed E-state index contributed by atoms with van der Waals surface area (Å²) < 4.78 is 1.51. The second kappa shape index (κ2) is 5.47. The van der Waals surface area contributed by atoms with E-state index in [0.717, 1.165) is 5.69 Å². The van der Waals surface area contributed by atoms with Crippen molar-refractivity contribution in [2.45, 2.75) is 26.2 Å². The molecule has 94 valence electrons. The van der Waals surface area contributed by atoms with Crippen LogP contribution in [0.1, 0.15) is 42.4 Å². The van der Waals surface area contributed by atoms with Crippen LogP contribution in [-0.4, -0.2) is 33.3 Å². The van der Waals surface area contributed by atoms with E-state index in [1.807, 2.05) is 13.8 Å². The van der Waals surface area contributed by atoms with Gasteiger partial charge < -0.3 is 10.4 Å². The largest absolute Gasteiger partial charge is 0.481 e. The lowest BCUT2D eigenvalue weighted by molar-refractivity contribution is -0.136. The second-order valence-corrected chi connectivity index (χ2v) is 4.13. The smallest absolute Gasteiger partial charge is 0.305 e. The first-order valence-electron chi connectivity index (χ1n) is 5.45. The van der Waals surface area contributed by atoms with Gasteiger partial charge in [0.2, 0.25) is 0 Å². The number of nitrogens with one attached hydrogen (secondary N) is 1. The van der Waals surface area contributed by atoms with Gasteiger partial charge in [-0.3, -0.25) is 14.3 Å². The summed E-state index contributed by atoms with van der Waals surface area (Å²) in [5, 5.41) is 15.2. The quantitative estimate of drug-likeness (QED) is 0.794. The van der Waals surface area contributed by atoms with Crippen molar-refractivity contribution in [3.05, 3.63) is 17.5 Å². The topological polar surface area (TPSA) is 84.2 Å². The summed E-state index contributed by atoms with van der Waals surface area (Å²) in [6.45, 7) is 4.11. The third-order valence-electron chi connectivity index (χ3n) is 2.35. The molecule has 2 N–H and O–H groups in total. The summed E-state index contributed by atoms with van der Waals surface area (Å²) in [6, 6.07) is 1.72. The molecule has 0 atom stereocenters. The number of rotatable bonds is 5. The van der Waals surface area contributed by atoms with E-state index in [4.69, 9.17) is 5.11 Å². The van der Waals surface area contributed by atoms with E-state index in [0.29, 0.717) is 5.69 Å². The van der Waals surface area contributed by atoms with Crippen molar-refractivity contribution < 1.29 is 14.7 Å². The number of aryl methyl sites for hydroxylation is 1. The van der Waals surface area contributed by atoms with E-state index in [1.54, 1.807) is 13.1 Å². The maximum absolute atomic E-state index is 11.7. The molecule has 1 rings (SSSR count). The number of aromatic nitrogens is 2. The van der Waals surface area contributed by atoms with E-state index in [2.05, 4.69) is 10.4 Å². The van der Waals surface area contributed by atoms with Crippen LogP contribution in [-0.2, 0) is 11.8 Å². The zero-order chi connectivity index (χ0) is 13.0. The van der Waals surface area contributed by atoms with E-state index in [1.165, 1.54) is 4.68 Å². The zero-order valence-corrected chi connectivity index (χ0v) is 10.2. The number of carboxylic acid groups (broad SMARTS) is 1. The molecule has 1 heterocycles. The standard InChI is InChI=1S/C11H17N3O3/c1-7(2)8-6-9(14(3)13-8)11(17)12-5-4-10(15)16/h6-7H,4-5H2,1-3H3,(H,12,17)(H,15,16). The fraction of sp³-hybridized carbons (Fsp3) is 0.545. The fourth-order valence-corrected chi connectivity index (χ4v) is 1.36. The van der Waals surface area contributed by atoms with Gasteiger partial charge in [-0.15, -0.1) is 0 Å². The molecular formula is C11H17N3O3. The molecule has 1 aromatic heterocycles. The van der Waals surface area contributed by atoms with Crippen LogP contribution in [0.3, 0.4) is 0 Å². The molecule has 0 saturated heterocycles. The molecule has 0 saturated carbocycles. The van der Waals surface area contributed by atoms with E-state index in [-0.39, 0.29) is 24.8 Å². The van der Waals surface area contributed by atoms with E-state index >= 15 is 0 Å². The summed E-state index contributed by atoms with van der Waals surface area (Å²) in [7, 11) is 1.69. The molecule has 0 unspecified atom stereocenters. The number of hydrogen-bond donors (Lipinski definition) is 2.